The third-order valence-electron chi connectivity index (χ3n) is 2.89. The van der Waals surface area contributed by atoms with Crippen molar-refractivity contribution in [3.05, 3.63) is 72.9 Å². The molecule has 1 heteroatoms. The zero-order valence-electron chi connectivity index (χ0n) is 11.2. The summed E-state index contributed by atoms with van der Waals surface area (Å²) in [4.78, 5) is 0. The zero-order chi connectivity index (χ0) is 13.2. The third-order valence-corrected chi connectivity index (χ3v) is 2.89. The van der Waals surface area contributed by atoms with Crippen molar-refractivity contribution in [2.24, 2.45) is 0 Å². The normalized spacial score (nSPS) is 13.1. The Balaban J connectivity index is 2.29. The minimum absolute atomic E-state index is 0.488. The lowest BCUT2D eigenvalue weighted by Gasteiger charge is -2.14. The van der Waals surface area contributed by atoms with E-state index in [9.17, 15) is 0 Å². The molecule has 0 aliphatic carbocycles. The summed E-state index contributed by atoms with van der Waals surface area (Å²) in [5.41, 5.74) is 2.60. The van der Waals surface area contributed by atoms with Crippen molar-refractivity contribution >= 4 is 0 Å². The van der Waals surface area contributed by atoms with Crippen molar-refractivity contribution in [1.82, 2.24) is 5.32 Å². The number of nitrogens with one attached hydrogen (secondary N) is 1. The first kappa shape index (κ1) is 14.5. The van der Waals surface area contributed by atoms with Crippen molar-refractivity contribution in [2.75, 3.05) is 6.54 Å². The van der Waals surface area contributed by atoms with Crippen LogP contribution >= 0.6 is 0 Å². The molecule has 1 nitrogen and oxygen atoms in total. The molecular weight excluding hydrogens is 218 g/mol. The van der Waals surface area contributed by atoms with Gasteiger partial charge in [0.15, 0.2) is 0 Å². The first-order valence-corrected chi connectivity index (χ1v) is 6.47. The molecule has 0 saturated heterocycles. The van der Waals surface area contributed by atoms with E-state index in [1.807, 2.05) is 18.2 Å². The molecule has 0 spiro atoms. The Morgan fingerprint density at radius 1 is 1.28 bits per heavy atom. The highest BCUT2D eigenvalue weighted by Gasteiger charge is 2.02. The Morgan fingerprint density at radius 3 is 2.61 bits per heavy atom. The zero-order valence-corrected chi connectivity index (χ0v) is 11.2. The van der Waals surface area contributed by atoms with Gasteiger partial charge in [-0.05, 0) is 37.4 Å². The van der Waals surface area contributed by atoms with Crippen molar-refractivity contribution in [3.63, 3.8) is 0 Å². The predicted octanol–water partition coefficient (Wildman–Crippen LogP) is 3.90. The lowest BCUT2D eigenvalue weighted by Crippen LogP contribution is -2.29. The number of rotatable bonds is 8. The number of hydrogen-bond acceptors (Lipinski definition) is 1. The van der Waals surface area contributed by atoms with E-state index in [2.05, 4.69) is 55.7 Å². The van der Waals surface area contributed by atoms with Crippen LogP contribution in [-0.2, 0) is 6.42 Å². The van der Waals surface area contributed by atoms with Gasteiger partial charge in [-0.1, -0.05) is 61.7 Å². The van der Waals surface area contributed by atoms with Gasteiger partial charge in [0, 0.05) is 6.04 Å². The van der Waals surface area contributed by atoms with Gasteiger partial charge in [-0.3, -0.25) is 0 Å². The van der Waals surface area contributed by atoms with Crippen LogP contribution in [0.25, 0.3) is 0 Å². The van der Waals surface area contributed by atoms with Crippen LogP contribution in [0, 0.1) is 0 Å². The summed E-state index contributed by atoms with van der Waals surface area (Å²) in [6.07, 6.45) is 7.77. The van der Waals surface area contributed by atoms with Crippen LogP contribution in [0.15, 0.2) is 67.3 Å². The minimum Gasteiger partial charge on any atom is -0.314 e. The molecule has 1 rings (SSSR count). The van der Waals surface area contributed by atoms with Crippen LogP contribution in [0.5, 0.6) is 0 Å². The molecule has 0 saturated carbocycles. The first-order valence-electron chi connectivity index (χ1n) is 6.47. The second-order valence-electron chi connectivity index (χ2n) is 4.48. The molecule has 0 heterocycles. The number of benzene rings is 1. The fourth-order valence-corrected chi connectivity index (χ4v) is 1.91. The van der Waals surface area contributed by atoms with Crippen LogP contribution in [0.3, 0.4) is 0 Å². The second-order valence-corrected chi connectivity index (χ2v) is 4.48. The van der Waals surface area contributed by atoms with E-state index < -0.39 is 0 Å². The summed E-state index contributed by atoms with van der Waals surface area (Å²) in [7, 11) is 0. The van der Waals surface area contributed by atoms with Crippen LogP contribution in [0.2, 0.25) is 0 Å². The molecule has 0 aliphatic rings. The molecule has 1 N–H and O–H groups in total. The van der Waals surface area contributed by atoms with Crippen molar-refractivity contribution in [2.45, 2.75) is 25.8 Å². The molecule has 96 valence electrons. The fourth-order valence-electron chi connectivity index (χ4n) is 1.91. The summed E-state index contributed by atoms with van der Waals surface area (Å²) in [5, 5.41) is 3.53. The van der Waals surface area contributed by atoms with Crippen LogP contribution < -0.4 is 5.32 Å². The van der Waals surface area contributed by atoms with E-state index in [-0.39, 0.29) is 0 Å². The van der Waals surface area contributed by atoms with E-state index >= 15 is 0 Å². The van der Waals surface area contributed by atoms with Gasteiger partial charge < -0.3 is 5.32 Å². The molecule has 0 amide bonds. The van der Waals surface area contributed by atoms with Gasteiger partial charge in [-0.15, -0.1) is 0 Å². The highest BCUT2D eigenvalue weighted by Crippen LogP contribution is 2.04. The molecule has 0 aromatic heterocycles. The van der Waals surface area contributed by atoms with Crippen LogP contribution in [0.1, 0.15) is 18.9 Å². The Morgan fingerprint density at radius 2 is 2.00 bits per heavy atom. The van der Waals surface area contributed by atoms with Crippen LogP contribution in [0.4, 0.5) is 0 Å². The largest absolute Gasteiger partial charge is 0.314 e. The predicted molar refractivity (Wildman–Crippen MR) is 80.7 cm³/mol. The first-order chi connectivity index (χ1) is 8.76. The van der Waals surface area contributed by atoms with E-state index in [1.54, 1.807) is 0 Å². The molecule has 1 aromatic rings. The standard InChI is InChI=1S/C17H23N/c1-4-9-16(5-2)12-13-18-15(3)14-17-10-7-6-8-11-17/h4-11,15,18H,1-2,12-14H2,3H3/b16-9+. The fraction of sp³-hybridized carbons (Fsp3) is 0.294. The summed E-state index contributed by atoms with van der Waals surface area (Å²) >= 11 is 0. The van der Waals surface area contributed by atoms with Crippen molar-refractivity contribution in [1.29, 1.82) is 0 Å². The maximum Gasteiger partial charge on any atom is 0.00792 e. The van der Waals surface area contributed by atoms with Gasteiger partial charge in [0.25, 0.3) is 0 Å². The topological polar surface area (TPSA) is 12.0 Å². The van der Waals surface area contributed by atoms with Gasteiger partial charge >= 0.3 is 0 Å². The highest BCUT2D eigenvalue weighted by molar-refractivity contribution is 5.21. The Bertz CT molecular complexity index is 389. The molecule has 0 bridgehead atoms. The van der Waals surface area contributed by atoms with E-state index in [0.717, 1.165) is 19.4 Å². The molecule has 1 unspecified atom stereocenters. The molecule has 0 radical (unpaired) electrons. The Kier molecular flexibility index (Phi) is 6.82. The Hall–Kier alpha value is -1.60. The molecule has 18 heavy (non-hydrogen) atoms. The van der Waals surface area contributed by atoms with Gasteiger partial charge in [0.1, 0.15) is 0 Å². The lowest BCUT2D eigenvalue weighted by atomic mass is 10.1. The average Bonchev–Trinajstić information content (AvgIpc) is 2.39. The second kappa shape index (κ2) is 8.48. The van der Waals surface area contributed by atoms with Gasteiger partial charge in [-0.2, -0.15) is 0 Å². The van der Waals surface area contributed by atoms with Gasteiger partial charge in [-0.25, -0.2) is 0 Å². The molecule has 0 fully saturated rings. The summed E-state index contributed by atoms with van der Waals surface area (Å²) < 4.78 is 0. The Labute approximate surface area is 111 Å². The monoisotopic (exact) mass is 241 g/mol. The van der Waals surface area contributed by atoms with Crippen molar-refractivity contribution < 1.29 is 0 Å². The maximum absolute atomic E-state index is 3.80. The van der Waals surface area contributed by atoms with Gasteiger partial charge in [0.2, 0.25) is 0 Å². The lowest BCUT2D eigenvalue weighted by molar-refractivity contribution is 0.549. The minimum atomic E-state index is 0.488. The van der Waals surface area contributed by atoms with Crippen LogP contribution in [-0.4, -0.2) is 12.6 Å². The van der Waals surface area contributed by atoms with E-state index in [1.165, 1.54) is 11.1 Å². The smallest absolute Gasteiger partial charge is 0.00792 e. The number of hydrogen-bond donors (Lipinski definition) is 1. The van der Waals surface area contributed by atoms with E-state index in [4.69, 9.17) is 0 Å². The van der Waals surface area contributed by atoms with Crippen molar-refractivity contribution in [3.8, 4) is 0 Å². The molecule has 1 atom stereocenters. The summed E-state index contributed by atoms with van der Waals surface area (Å²) in [5.74, 6) is 0. The quantitative estimate of drug-likeness (QED) is 0.681. The number of allylic oxidation sites excluding steroid dienone is 3. The molecule has 0 aliphatic heterocycles. The third kappa shape index (κ3) is 5.65. The highest BCUT2D eigenvalue weighted by atomic mass is 14.9. The SMILES string of the molecule is C=C/C=C(\C=C)CCNC(C)Cc1ccccc1. The summed E-state index contributed by atoms with van der Waals surface area (Å²) in [6, 6.07) is 11.1. The molecular formula is C17H23N. The average molecular weight is 241 g/mol. The molecule has 1 aromatic carbocycles. The summed E-state index contributed by atoms with van der Waals surface area (Å²) in [6.45, 7) is 10.7. The van der Waals surface area contributed by atoms with E-state index in [0.29, 0.717) is 6.04 Å². The maximum atomic E-state index is 3.80. The van der Waals surface area contributed by atoms with Gasteiger partial charge in [0.05, 0.1) is 0 Å².